The van der Waals surface area contributed by atoms with Gasteiger partial charge in [-0.05, 0) is 6.42 Å². The summed E-state index contributed by atoms with van der Waals surface area (Å²) in [4.78, 5) is 8.98. The van der Waals surface area contributed by atoms with Crippen molar-refractivity contribution in [3.05, 3.63) is 11.9 Å². The van der Waals surface area contributed by atoms with Crippen LogP contribution < -0.4 is 10.6 Å². The van der Waals surface area contributed by atoms with Crippen molar-refractivity contribution in [3.8, 4) is 0 Å². The van der Waals surface area contributed by atoms with E-state index in [1.54, 1.807) is 0 Å². The lowest BCUT2D eigenvalue weighted by Crippen LogP contribution is -2.16. The minimum Gasteiger partial charge on any atom is -0.381 e. The molecule has 2 heterocycles. The summed E-state index contributed by atoms with van der Waals surface area (Å²) in [5.41, 5.74) is 0. The van der Waals surface area contributed by atoms with E-state index in [1.165, 1.54) is 0 Å². The van der Waals surface area contributed by atoms with Crippen molar-refractivity contribution in [3.63, 3.8) is 0 Å². The van der Waals surface area contributed by atoms with Gasteiger partial charge < -0.3 is 15.4 Å². The van der Waals surface area contributed by atoms with E-state index in [2.05, 4.69) is 34.4 Å². The van der Waals surface area contributed by atoms with Gasteiger partial charge in [-0.3, -0.25) is 0 Å². The molecule has 1 fully saturated rings. The van der Waals surface area contributed by atoms with Crippen LogP contribution in [0.25, 0.3) is 0 Å². The van der Waals surface area contributed by atoms with E-state index in [0.29, 0.717) is 11.8 Å². The second-order valence-corrected chi connectivity index (χ2v) is 5.01. The van der Waals surface area contributed by atoms with Crippen molar-refractivity contribution in [2.24, 2.45) is 5.92 Å². The van der Waals surface area contributed by atoms with Crippen LogP contribution in [0.1, 0.15) is 32.0 Å². The summed E-state index contributed by atoms with van der Waals surface area (Å²) >= 11 is 0. The minimum absolute atomic E-state index is 0.327. The first kappa shape index (κ1) is 13.1. The van der Waals surface area contributed by atoms with Crippen LogP contribution in [-0.2, 0) is 4.74 Å². The fraction of sp³-hybridized carbons (Fsp3) is 0.692. The van der Waals surface area contributed by atoms with Crippen LogP contribution in [0.15, 0.2) is 6.07 Å². The molecule has 1 aliphatic rings. The standard InChI is InChI=1S/C13H22N4O/c1-9(2)13-16-11(14-3)6-12(17-13)15-7-10-4-5-18-8-10/h6,9-10H,4-5,7-8H2,1-3H3,(H2,14,15,16,17). The maximum atomic E-state index is 5.37. The highest BCUT2D eigenvalue weighted by atomic mass is 16.5. The zero-order valence-corrected chi connectivity index (χ0v) is 11.4. The summed E-state index contributed by atoms with van der Waals surface area (Å²) in [6.07, 6.45) is 1.13. The van der Waals surface area contributed by atoms with Crippen LogP contribution in [0.5, 0.6) is 0 Å². The number of anilines is 2. The molecule has 100 valence electrons. The molecule has 1 aliphatic heterocycles. The van der Waals surface area contributed by atoms with Gasteiger partial charge in [0.2, 0.25) is 0 Å². The van der Waals surface area contributed by atoms with Crippen LogP contribution in [0.2, 0.25) is 0 Å². The van der Waals surface area contributed by atoms with E-state index in [0.717, 1.165) is 43.6 Å². The number of hydrogen-bond acceptors (Lipinski definition) is 5. The highest BCUT2D eigenvalue weighted by Crippen LogP contribution is 2.18. The van der Waals surface area contributed by atoms with Crippen molar-refractivity contribution in [1.82, 2.24) is 9.97 Å². The lowest BCUT2D eigenvalue weighted by atomic mass is 10.1. The SMILES string of the molecule is CNc1cc(NCC2CCOC2)nc(C(C)C)n1. The van der Waals surface area contributed by atoms with Crippen molar-refractivity contribution < 1.29 is 4.74 Å². The van der Waals surface area contributed by atoms with E-state index in [9.17, 15) is 0 Å². The van der Waals surface area contributed by atoms with Gasteiger partial charge >= 0.3 is 0 Å². The second kappa shape index (κ2) is 6.00. The lowest BCUT2D eigenvalue weighted by Gasteiger charge is -2.13. The molecule has 1 aromatic rings. The van der Waals surface area contributed by atoms with E-state index >= 15 is 0 Å². The maximum absolute atomic E-state index is 5.37. The van der Waals surface area contributed by atoms with Gasteiger partial charge in [0.25, 0.3) is 0 Å². The topological polar surface area (TPSA) is 59.1 Å². The molecule has 1 saturated heterocycles. The van der Waals surface area contributed by atoms with Gasteiger partial charge in [0.15, 0.2) is 0 Å². The van der Waals surface area contributed by atoms with Gasteiger partial charge in [0.05, 0.1) is 6.61 Å². The van der Waals surface area contributed by atoms with Gasteiger partial charge in [0.1, 0.15) is 17.5 Å². The summed E-state index contributed by atoms with van der Waals surface area (Å²) in [6, 6.07) is 1.95. The second-order valence-electron chi connectivity index (χ2n) is 5.01. The fourth-order valence-corrected chi connectivity index (χ4v) is 1.94. The number of rotatable bonds is 5. The maximum Gasteiger partial charge on any atom is 0.135 e. The molecule has 5 nitrogen and oxygen atoms in total. The Morgan fingerprint density at radius 1 is 1.39 bits per heavy atom. The predicted octanol–water partition coefficient (Wildman–Crippen LogP) is 2.09. The molecular weight excluding hydrogens is 228 g/mol. The van der Waals surface area contributed by atoms with E-state index < -0.39 is 0 Å². The normalized spacial score (nSPS) is 19.2. The molecule has 0 radical (unpaired) electrons. The van der Waals surface area contributed by atoms with E-state index in [4.69, 9.17) is 4.74 Å². The highest BCUT2D eigenvalue weighted by Gasteiger charge is 2.15. The predicted molar refractivity (Wildman–Crippen MR) is 73.1 cm³/mol. The average molecular weight is 250 g/mol. The first-order valence-electron chi connectivity index (χ1n) is 6.57. The van der Waals surface area contributed by atoms with Crippen molar-refractivity contribution in [1.29, 1.82) is 0 Å². The molecule has 1 aromatic heterocycles. The van der Waals surface area contributed by atoms with Crippen molar-refractivity contribution in [2.45, 2.75) is 26.2 Å². The third-order valence-corrected chi connectivity index (χ3v) is 3.11. The molecule has 5 heteroatoms. The molecule has 2 N–H and O–H groups in total. The molecule has 0 spiro atoms. The zero-order chi connectivity index (χ0) is 13.0. The monoisotopic (exact) mass is 250 g/mol. The molecular formula is C13H22N4O. The smallest absolute Gasteiger partial charge is 0.135 e. The largest absolute Gasteiger partial charge is 0.381 e. The van der Waals surface area contributed by atoms with Gasteiger partial charge in [-0.2, -0.15) is 0 Å². The summed E-state index contributed by atoms with van der Waals surface area (Å²) in [5.74, 6) is 3.55. The minimum atomic E-state index is 0.327. The third kappa shape index (κ3) is 3.32. The lowest BCUT2D eigenvalue weighted by molar-refractivity contribution is 0.187. The average Bonchev–Trinajstić information content (AvgIpc) is 2.89. The molecule has 0 saturated carbocycles. The van der Waals surface area contributed by atoms with Crippen molar-refractivity contribution >= 4 is 11.6 Å². The summed E-state index contributed by atoms with van der Waals surface area (Å²) in [6.45, 7) is 6.85. The Morgan fingerprint density at radius 2 is 2.17 bits per heavy atom. The molecule has 0 aliphatic carbocycles. The van der Waals surface area contributed by atoms with Crippen LogP contribution in [0, 0.1) is 5.92 Å². The molecule has 0 amide bonds. The molecule has 1 unspecified atom stereocenters. The third-order valence-electron chi connectivity index (χ3n) is 3.11. The first-order chi connectivity index (χ1) is 8.69. The molecule has 18 heavy (non-hydrogen) atoms. The molecule has 0 aromatic carbocycles. The Hall–Kier alpha value is -1.36. The molecule has 2 rings (SSSR count). The Bertz CT molecular complexity index is 389. The quantitative estimate of drug-likeness (QED) is 0.838. The van der Waals surface area contributed by atoms with Gasteiger partial charge in [-0.25, -0.2) is 9.97 Å². The Balaban J connectivity index is 2.03. The number of aromatic nitrogens is 2. The first-order valence-corrected chi connectivity index (χ1v) is 6.57. The summed E-state index contributed by atoms with van der Waals surface area (Å²) in [7, 11) is 1.88. The molecule has 0 bridgehead atoms. The van der Waals surface area contributed by atoms with Crippen LogP contribution >= 0.6 is 0 Å². The number of nitrogens with zero attached hydrogens (tertiary/aromatic N) is 2. The number of hydrogen-bond donors (Lipinski definition) is 2. The Kier molecular flexibility index (Phi) is 4.36. The van der Waals surface area contributed by atoms with Crippen molar-refractivity contribution in [2.75, 3.05) is 37.4 Å². The Labute approximate surface area is 108 Å². The number of ether oxygens (including phenoxy) is 1. The van der Waals surface area contributed by atoms with Gasteiger partial charge in [-0.1, -0.05) is 13.8 Å². The van der Waals surface area contributed by atoms with Crippen LogP contribution in [-0.4, -0.2) is 36.8 Å². The number of nitrogens with one attached hydrogen (secondary N) is 2. The molecule has 1 atom stereocenters. The van der Waals surface area contributed by atoms with Crippen LogP contribution in [0.4, 0.5) is 11.6 Å². The van der Waals surface area contributed by atoms with E-state index in [-0.39, 0.29) is 0 Å². The Morgan fingerprint density at radius 3 is 2.78 bits per heavy atom. The zero-order valence-electron chi connectivity index (χ0n) is 11.4. The summed E-state index contributed by atoms with van der Waals surface area (Å²) in [5, 5.41) is 6.46. The van der Waals surface area contributed by atoms with E-state index in [1.807, 2.05) is 13.1 Å². The van der Waals surface area contributed by atoms with Gasteiger partial charge in [-0.15, -0.1) is 0 Å². The summed E-state index contributed by atoms with van der Waals surface area (Å²) < 4.78 is 5.37. The highest BCUT2D eigenvalue weighted by molar-refractivity contribution is 5.47. The van der Waals surface area contributed by atoms with Gasteiger partial charge in [0, 0.05) is 38.1 Å². The van der Waals surface area contributed by atoms with Crippen LogP contribution in [0.3, 0.4) is 0 Å². The fourth-order valence-electron chi connectivity index (χ4n) is 1.94.